The minimum absolute atomic E-state index is 0. The summed E-state index contributed by atoms with van der Waals surface area (Å²) in [5.41, 5.74) is 2.75. The van der Waals surface area contributed by atoms with Crippen LogP contribution in [-0.4, -0.2) is 10.0 Å². The van der Waals surface area contributed by atoms with E-state index in [1.54, 1.807) is 0 Å². The smallest absolute Gasteiger partial charge is 0.131 e. The molecule has 0 bridgehead atoms. The first-order chi connectivity index (χ1) is 6.72. The van der Waals surface area contributed by atoms with E-state index >= 15 is 0 Å². The number of benzene rings is 1. The van der Waals surface area contributed by atoms with Crippen molar-refractivity contribution in [1.29, 1.82) is 0 Å². The van der Waals surface area contributed by atoms with E-state index in [4.69, 9.17) is 0 Å². The number of aromatic nitrogens is 1. The molecule has 15 heavy (non-hydrogen) atoms. The lowest BCUT2D eigenvalue weighted by molar-refractivity contribution is -0.497. The molecule has 0 unspecified atom stereocenters. The van der Waals surface area contributed by atoms with Crippen LogP contribution in [0.5, 0.6) is 0 Å². The fraction of sp³-hybridized carbons (Fsp3) is 0.273. The van der Waals surface area contributed by atoms with Crippen molar-refractivity contribution in [2.45, 2.75) is 19.9 Å². The molecule has 4 heteroatoms. The SMILES string of the molecule is CC(C)n1ccc2ccc([NH2+][O-])cc21.O. The van der Waals surface area contributed by atoms with Crippen LogP contribution >= 0.6 is 0 Å². The maximum atomic E-state index is 10.6. The van der Waals surface area contributed by atoms with Gasteiger partial charge < -0.3 is 20.7 Å². The van der Waals surface area contributed by atoms with Gasteiger partial charge in [-0.3, -0.25) is 0 Å². The molecule has 0 saturated carbocycles. The third-order valence-corrected chi connectivity index (χ3v) is 2.44. The van der Waals surface area contributed by atoms with E-state index in [-0.39, 0.29) is 5.48 Å². The predicted molar refractivity (Wildman–Crippen MR) is 60.9 cm³/mol. The van der Waals surface area contributed by atoms with Crippen molar-refractivity contribution in [2.24, 2.45) is 0 Å². The predicted octanol–water partition coefficient (Wildman–Crippen LogP) is 1.09. The van der Waals surface area contributed by atoms with Crippen molar-refractivity contribution < 1.29 is 11.0 Å². The average Bonchev–Trinajstić information content (AvgIpc) is 2.59. The number of fused-ring (bicyclic) bond motifs is 1. The van der Waals surface area contributed by atoms with Crippen molar-refractivity contribution in [3.63, 3.8) is 0 Å². The molecule has 1 heterocycles. The number of hydrogen-bond acceptors (Lipinski definition) is 1. The largest absolute Gasteiger partial charge is 0.630 e. The van der Waals surface area contributed by atoms with Gasteiger partial charge in [-0.1, -0.05) is 0 Å². The van der Waals surface area contributed by atoms with Crippen molar-refractivity contribution in [3.05, 3.63) is 35.7 Å². The summed E-state index contributed by atoms with van der Waals surface area (Å²) in [5.74, 6) is 0. The highest BCUT2D eigenvalue weighted by atomic mass is 16.5. The molecule has 4 N–H and O–H groups in total. The van der Waals surface area contributed by atoms with E-state index in [0.29, 0.717) is 6.04 Å². The summed E-state index contributed by atoms with van der Waals surface area (Å²) < 4.78 is 2.17. The van der Waals surface area contributed by atoms with Gasteiger partial charge in [0.2, 0.25) is 0 Å². The number of nitrogens with zero attached hydrogens (tertiary/aromatic N) is 1. The van der Waals surface area contributed by atoms with Crippen molar-refractivity contribution in [2.75, 3.05) is 0 Å². The Morgan fingerprint density at radius 2 is 2.00 bits per heavy atom. The van der Waals surface area contributed by atoms with Crippen LogP contribution in [0.25, 0.3) is 10.9 Å². The van der Waals surface area contributed by atoms with Crippen molar-refractivity contribution in [3.8, 4) is 0 Å². The topological polar surface area (TPSA) is 76.1 Å². The summed E-state index contributed by atoms with van der Waals surface area (Å²) in [6, 6.07) is 8.26. The fourth-order valence-electron chi connectivity index (χ4n) is 1.69. The lowest BCUT2D eigenvalue weighted by Gasteiger charge is -2.09. The first-order valence-corrected chi connectivity index (χ1v) is 4.78. The standard InChI is InChI=1S/C11H14N2O.H2O/c1-8(2)13-6-5-9-3-4-10(12-14)7-11(9)13;/h3-8H,12H2,1-2H3;1H2. The second kappa shape index (κ2) is 4.44. The highest BCUT2D eigenvalue weighted by Crippen LogP contribution is 2.21. The Kier molecular flexibility index (Phi) is 3.47. The summed E-state index contributed by atoms with van der Waals surface area (Å²) in [5, 5.41) is 11.8. The molecular weight excluding hydrogens is 192 g/mol. The molecule has 0 aliphatic heterocycles. The molecule has 0 aliphatic carbocycles. The van der Waals surface area contributed by atoms with Gasteiger partial charge in [0.05, 0.1) is 5.52 Å². The molecule has 0 amide bonds. The third kappa shape index (κ3) is 2.02. The lowest BCUT2D eigenvalue weighted by Crippen LogP contribution is -2.70. The average molecular weight is 208 g/mol. The molecule has 0 aliphatic rings. The van der Waals surface area contributed by atoms with Gasteiger partial charge in [0.25, 0.3) is 0 Å². The van der Waals surface area contributed by atoms with Gasteiger partial charge in [0.1, 0.15) is 5.69 Å². The Hall–Kier alpha value is -1.36. The van der Waals surface area contributed by atoms with Crippen LogP contribution in [0, 0.1) is 5.21 Å². The van der Waals surface area contributed by atoms with E-state index in [1.807, 2.05) is 18.2 Å². The van der Waals surface area contributed by atoms with E-state index in [1.165, 1.54) is 5.39 Å². The van der Waals surface area contributed by atoms with Gasteiger partial charge in [-0.05, 0) is 26.0 Å². The summed E-state index contributed by atoms with van der Waals surface area (Å²) in [6.07, 6.45) is 2.06. The number of quaternary nitrogens is 1. The van der Waals surface area contributed by atoms with Gasteiger partial charge in [0.15, 0.2) is 0 Å². The summed E-state index contributed by atoms with van der Waals surface area (Å²) in [6.45, 7) is 4.26. The lowest BCUT2D eigenvalue weighted by atomic mass is 10.2. The van der Waals surface area contributed by atoms with Gasteiger partial charge in [0, 0.05) is 29.8 Å². The minimum atomic E-state index is 0. The zero-order chi connectivity index (χ0) is 10.1. The first kappa shape index (κ1) is 11.7. The van der Waals surface area contributed by atoms with Crippen molar-refractivity contribution in [1.82, 2.24) is 4.57 Å². The molecule has 4 nitrogen and oxygen atoms in total. The monoisotopic (exact) mass is 208 g/mol. The maximum absolute atomic E-state index is 10.6. The second-order valence-corrected chi connectivity index (χ2v) is 3.75. The van der Waals surface area contributed by atoms with Crippen molar-refractivity contribution >= 4 is 16.6 Å². The third-order valence-electron chi connectivity index (χ3n) is 2.44. The van der Waals surface area contributed by atoms with Gasteiger partial charge in [-0.15, -0.1) is 0 Å². The van der Waals surface area contributed by atoms with Crippen LogP contribution in [0.2, 0.25) is 0 Å². The molecule has 0 radical (unpaired) electrons. The van der Waals surface area contributed by atoms with Gasteiger partial charge >= 0.3 is 0 Å². The normalized spacial score (nSPS) is 10.7. The molecule has 1 aromatic carbocycles. The summed E-state index contributed by atoms with van der Waals surface area (Å²) in [4.78, 5) is 0. The summed E-state index contributed by atoms with van der Waals surface area (Å²) >= 11 is 0. The van der Waals surface area contributed by atoms with E-state index < -0.39 is 0 Å². The number of rotatable bonds is 2. The van der Waals surface area contributed by atoms with Crippen LogP contribution in [0.15, 0.2) is 30.5 Å². The first-order valence-electron chi connectivity index (χ1n) is 4.78. The quantitative estimate of drug-likeness (QED) is 0.582. The highest BCUT2D eigenvalue weighted by Gasteiger charge is 2.04. The van der Waals surface area contributed by atoms with Gasteiger partial charge in [-0.2, -0.15) is 0 Å². The van der Waals surface area contributed by atoms with E-state index in [2.05, 4.69) is 30.7 Å². The Labute approximate surface area is 88.4 Å². The zero-order valence-electron chi connectivity index (χ0n) is 8.90. The molecule has 82 valence electrons. The molecule has 2 aromatic rings. The molecular formula is C11H16N2O2. The van der Waals surface area contributed by atoms with Crippen LogP contribution in [0.1, 0.15) is 19.9 Å². The second-order valence-electron chi connectivity index (χ2n) is 3.75. The molecule has 2 rings (SSSR count). The molecule has 0 saturated heterocycles. The fourth-order valence-corrected chi connectivity index (χ4v) is 1.69. The van der Waals surface area contributed by atoms with Crippen LogP contribution < -0.4 is 5.48 Å². The van der Waals surface area contributed by atoms with Crippen LogP contribution in [0.3, 0.4) is 0 Å². The zero-order valence-corrected chi connectivity index (χ0v) is 8.90. The Balaban J connectivity index is 0.00000112. The Bertz CT molecular complexity index is 449. The molecule has 0 atom stereocenters. The Morgan fingerprint density at radius 1 is 1.27 bits per heavy atom. The summed E-state index contributed by atoms with van der Waals surface area (Å²) in [7, 11) is 0. The Morgan fingerprint density at radius 3 is 2.60 bits per heavy atom. The molecule has 0 fully saturated rings. The molecule has 0 spiro atoms. The number of hydrogen-bond donors (Lipinski definition) is 1. The van der Waals surface area contributed by atoms with Gasteiger partial charge in [-0.25, -0.2) is 0 Å². The minimum Gasteiger partial charge on any atom is -0.630 e. The number of nitrogens with two attached hydrogens (primary N) is 1. The molecule has 1 aromatic heterocycles. The maximum Gasteiger partial charge on any atom is 0.131 e. The van der Waals surface area contributed by atoms with Crippen LogP contribution in [0.4, 0.5) is 5.69 Å². The highest BCUT2D eigenvalue weighted by molar-refractivity contribution is 5.82. The van der Waals surface area contributed by atoms with E-state index in [0.717, 1.165) is 16.7 Å². The van der Waals surface area contributed by atoms with E-state index in [9.17, 15) is 5.21 Å². The van der Waals surface area contributed by atoms with Crippen LogP contribution in [-0.2, 0) is 0 Å².